The molecule has 1 N–H and O–H groups in total. The van der Waals surface area contributed by atoms with E-state index in [1.165, 1.54) is 70.6 Å². The zero-order valence-corrected chi connectivity index (χ0v) is 38.9. The molecule has 0 rings (SSSR count). The monoisotopic (exact) mass is 839 g/mol. The summed E-state index contributed by atoms with van der Waals surface area (Å²) in [5, 5.41) is 9.64. The predicted molar refractivity (Wildman–Crippen MR) is 252 cm³/mol. The molecule has 0 aromatic rings. The van der Waals surface area contributed by atoms with Crippen LogP contribution in [0.1, 0.15) is 174 Å². The molecule has 0 spiro atoms. The van der Waals surface area contributed by atoms with E-state index in [0.717, 1.165) is 64.2 Å². The number of ether oxygens (including phenoxy) is 3. The Bertz CT molecular complexity index is 1250. The van der Waals surface area contributed by atoms with E-state index < -0.39 is 18.1 Å². The zero-order chi connectivity index (χ0) is 44.2. The summed E-state index contributed by atoms with van der Waals surface area (Å²) >= 11 is 0. The summed E-state index contributed by atoms with van der Waals surface area (Å²) in [6.45, 7) is 4.52. The van der Waals surface area contributed by atoms with Gasteiger partial charge in [0.2, 0.25) is 0 Å². The third-order valence-electron chi connectivity index (χ3n) is 10.1. The van der Waals surface area contributed by atoms with E-state index in [2.05, 4.69) is 98.9 Å². The lowest BCUT2D eigenvalue weighted by atomic mass is 10.1. The molecular weight excluding hydrogens is 751 g/mol. The van der Waals surface area contributed by atoms with E-state index >= 15 is 0 Å². The maximum atomic E-state index is 12.8. The van der Waals surface area contributed by atoms with Crippen LogP contribution in [0.25, 0.3) is 0 Å². The number of carbonyl (C=O) groups is 3. The Morgan fingerprint density at radius 3 is 1.52 bits per heavy atom. The summed E-state index contributed by atoms with van der Waals surface area (Å²) < 4.78 is 17.2. The van der Waals surface area contributed by atoms with Crippen molar-refractivity contribution in [2.75, 3.05) is 41.0 Å². The molecule has 0 radical (unpaired) electrons. The molecule has 0 aliphatic rings. The number of rotatable bonds is 41. The molecule has 0 saturated heterocycles. The molecule has 0 aromatic heterocycles. The number of carboxylic acid groups (broad SMARTS) is 1. The molecule has 0 aliphatic heterocycles. The highest BCUT2D eigenvalue weighted by Gasteiger charge is 2.31. The number of esters is 2. The van der Waals surface area contributed by atoms with Crippen molar-refractivity contribution >= 4 is 17.9 Å². The number of quaternary nitrogens is 1. The van der Waals surface area contributed by atoms with Crippen LogP contribution in [0.3, 0.4) is 0 Å². The molecule has 0 heterocycles. The van der Waals surface area contributed by atoms with Gasteiger partial charge in [-0.1, -0.05) is 163 Å². The Hall–Kier alpha value is -3.49. The average Bonchev–Trinajstić information content (AvgIpc) is 3.21. The fourth-order valence-corrected chi connectivity index (χ4v) is 6.41. The number of carbonyl (C=O) groups excluding carboxylic acids is 2. The van der Waals surface area contributed by atoms with Crippen LogP contribution < -0.4 is 0 Å². The van der Waals surface area contributed by atoms with E-state index in [1.807, 2.05) is 21.1 Å². The van der Waals surface area contributed by atoms with Crippen molar-refractivity contribution < 1.29 is 38.2 Å². The van der Waals surface area contributed by atoms with Crippen molar-refractivity contribution in [1.82, 2.24) is 0 Å². The third-order valence-corrected chi connectivity index (χ3v) is 10.1. The van der Waals surface area contributed by atoms with Crippen molar-refractivity contribution in [3.8, 4) is 0 Å². The normalized spacial score (nSPS) is 13.7. The SMILES string of the molecule is CC/C=C/C/C=C/C/C=C/C/C=C/C/C=C/CCCC(=O)OCC(COCCC(C(=O)O)[N+](C)(C)C)OC(=O)CCCCCCCCCCCC/C=C/C=C/CCCCC. The molecule has 0 saturated carbocycles. The van der Waals surface area contributed by atoms with Gasteiger partial charge >= 0.3 is 17.9 Å². The van der Waals surface area contributed by atoms with Gasteiger partial charge in [0, 0.05) is 19.3 Å². The summed E-state index contributed by atoms with van der Waals surface area (Å²) in [6.07, 6.45) is 54.9. The first-order chi connectivity index (χ1) is 29.1. The Labute approximate surface area is 367 Å². The quantitative estimate of drug-likeness (QED) is 0.0215. The molecule has 2 unspecified atom stereocenters. The minimum Gasteiger partial charge on any atom is -0.477 e. The van der Waals surface area contributed by atoms with Crippen LogP contribution in [0, 0.1) is 0 Å². The molecule has 0 bridgehead atoms. The van der Waals surface area contributed by atoms with Gasteiger partial charge in [-0.2, -0.15) is 0 Å². The maximum absolute atomic E-state index is 12.8. The van der Waals surface area contributed by atoms with E-state index in [0.29, 0.717) is 19.3 Å². The molecule has 0 aromatic carbocycles. The standard InChI is InChI=1S/C52H87NO7/c1-6-8-10-12-14-16-18-20-22-24-25-27-29-31-33-35-37-39-41-43-51(55)60-48(46-58-45-44-49(52(56)57)53(3,4)5)47-59-50(54)42-40-38-36-34-32-30-28-26-23-21-19-17-15-13-11-9-7-2/h9,11,14-18,20-21,23,28,30,34,36,48-49H,6-8,10,12-13,19,22,24-27,29,31-33,35,37-47H2,1-5H3/p+1/b11-9+,16-14+,17-15+,20-18+,23-21+,30-28+,36-34+. The Morgan fingerprint density at radius 2 is 1.00 bits per heavy atom. The number of nitrogens with zero attached hydrogens (tertiary/aromatic N) is 1. The third kappa shape index (κ3) is 39.9. The highest BCUT2D eigenvalue weighted by Crippen LogP contribution is 2.14. The van der Waals surface area contributed by atoms with E-state index in [1.54, 1.807) is 0 Å². The lowest BCUT2D eigenvalue weighted by Crippen LogP contribution is -2.50. The minimum absolute atomic E-state index is 0.0375. The van der Waals surface area contributed by atoms with E-state index in [9.17, 15) is 19.5 Å². The zero-order valence-electron chi connectivity index (χ0n) is 38.9. The minimum atomic E-state index is -0.886. The fraction of sp³-hybridized carbons (Fsp3) is 0.673. The van der Waals surface area contributed by atoms with Gasteiger partial charge in [-0.3, -0.25) is 9.59 Å². The van der Waals surface area contributed by atoms with Crippen molar-refractivity contribution in [3.05, 3.63) is 85.1 Å². The molecule has 0 aliphatic carbocycles. The number of carboxylic acids is 1. The number of hydrogen-bond donors (Lipinski definition) is 1. The Balaban J connectivity index is 4.40. The van der Waals surface area contributed by atoms with Gasteiger partial charge in [-0.25, -0.2) is 4.79 Å². The van der Waals surface area contributed by atoms with Crippen LogP contribution in [0.4, 0.5) is 0 Å². The smallest absolute Gasteiger partial charge is 0.362 e. The van der Waals surface area contributed by atoms with Crippen molar-refractivity contribution in [3.63, 3.8) is 0 Å². The number of aliphatic carboxylic acids is 1. The molecule has 8 heteroatoms. The summed E-state index contributed by atoms with van der Waals surface area (Å²) in [5.41, 5.74) is 0. The average molecular weight is 839 g/mol. The number of allylic oxidation sites excluding steroid dienone is 14. The summed E-state index contributed by atoms with van der Waals surface area (Å²) in [5.74, 6) is -1.55. The second-order valence-electron chi connectivity index (χ2n) is 16.7. The van der Waals surface area contributed by atoms with Crippen LogP contribution in [0.15, 0.2) is 85.1 Å². The van der Waals surface area contributed by atoms with Gasteiger partial charge in [0.25, 0.3) is 0 Å². The maximum Gasteiger partial charge on any atom is 0.362 e. The second-order valence-corrected chi connectivity index (χ2v) is 16.7. The second kappa shape index (κ2) is 42.2. The number of hydrogen-bond acceptors (Lipinski definition) is 6. The molecule has 8 nitrogen and oxygen atoms in total. The Morgan fingerprint density at radius 1 is 0.533 bits per heavy atom. The number of likely N-dealkylation sites (N-methyl/N-ethyl adjacent to an activating group) is 1. The molecular formula is C52H88NO7+. The predicted octanol–water partition coefficient (Wildman–Crippen LogP) is 13.3. The van der Waals surface area contributed by atoms with Crippen molar-refractivity contribution in [2.45, 2.75) is 187 Å². The van der Waals surface area contributed by atoms with Gasteiger partial charge in [-0.15, -0.1) is 0 Å². The van der Waals surface area contributed by atoms with Gasteiger partial charge in [0.1, 0.15) is 6.61 Å². The highest BCUT2D eigenvalue weighted by atomic mass is 16.6. The summed E-state index contributed by atoms with van der Waals surface area (Å²) in [6, 6.07) is -0.628. The van der Waals surface area contributed by atoms with Crippen molar-refractivity contribution in [1.29, 1.82) is 0 Å². The lowest BCUT2D eigenvalue weighted by Gasteiger charge is -2.31. The molecule has 0 fully saturated rings. The van der Waals surface area contributed by atoms with Crippen molar-refractivity contribution in [2.24, 2.45) is 0 Å². The molecule has 342 valence electrons. The van der Waals surface area contributed by atoms with E-state index in [-0.39, 0.29) is 42.7 Å². The fourth-order valence-electron chi connectivity index (χ4n) is 6.41. The van der Waals surface area contributed by atoms with Gasteiger partial charge in [-0.05, 0) is 77.0 Å². The highest BCUT2D eigenvalue weighted by molar-refractivity contribution is 5.72. The van der Waals surface area contributed by atoms with Gasteiger partial charge in [0.05, 0.1) is 34.4 Å². The first-order valence-electron chi connectivity index (χ1n) is 23.6. The molecule has 2 atom stereocenters. The lowest BCUT2D eigenvalue weighted by molar-refractivity contribution is -0.887. The first kappa shape index (κ1) is 56.5. The molecule has 0 amide bonds. The number of unbranched alkanes of at least 4 members (excludes halogenated alkanes) is 14. The van der Waals surface area contributed by atoms with Crippen LogP contribution in [0.2, 0.25) is 0 Å². The van der Waals surface area contributed by atoms with Crippen LogP contribution in [-0.2, 0) is 28.6 Å². The van der Waals surface area contributed by atoms with Gasteiger partial charge < -0.3 is 23.8 Å². The first-order valence-corrected chi connectivity index (χ1v) is 23.6. The Kier molecular flexibility index (Phi) is 39.8. The summed E-state index contributed by atoms with van der Waals surface area (Å²) in [4.78, 5) is 37.0. The molecule has 60 heavy (non-hydrogen) atoms. The topological polar surface area (TPSA) is 99.1 Å². The van der Waals surface area contributed by atoms with Crippen LogP contribution >= 0.6 is 0 Å². The van der Waals surface area contributed by atoms with Gasteiger partial charge in [0.15, 0.2) is 12.1 Å². The largest absolute Gasteiger partial charge is 0.477 e. The summed E-state index contributed by atoms with van der Waals surface area (Å²) in [7, 11) is 5.50. The van der Waals surface area contributed by atoms with Crippen LogP contribution in [-0.4, -0.2) is 80.6 Å². The van der Waals surface area contributed by atoms with Crippen LogP contribution in [0.5, 0.6) is 0 Å². The van der Waals surface area contributed by atoms with E-state index in [4.69, 9.17) is 14.2 Å².